The van der Waals surface area contributed by atoms with Crippen molar-refractivity contribution in [3.8, 4) is 17.3 Å². The van der Waals surface area contributed by atoms with Gasteiger partial charge in [0.25, 0.3) is 11.1 Å². The van der Waals surface area contributed by atoms with E-state index in [1.54, 1.807) is 63.6 Å². The van der Waals surface area contributed by atoms with Crippen LogP contribution in [0.4, 0.5) is 0 Å². The Morgan fingerprint density at radius 1 is 0.971 bits per heavy atom. The zero-order valence-electron chi connectivity index (χ0n) is 19.2. The number of methoxy groups -OCH3 is 1. The van der Waals surface area contributed by atoms with Crippen LogP contribution in [0.25, 0.3) is 33.3 Å². The van der Waals surface area contributed by atoms with Crippen molar-refractivity contribution in [1.29, 1.82) is 0 Å². The predicted octanol–water partition coefficient (Wildman–Crippen LogP) is 2.91. The predicted molar refractivity (Wildman–Crippen MR) is 130 cm³/mol. The van der Waals surface area contributed by atoms with E-state index in [4.69, 9.17) is 9.47 Å². The smallest absolute Gasteiger partial charge is 0.343 e. The first-order valence-electron chi connectivity index (χ1n) is 10.9. The van der Waals surface area contributed by atoms with E-state index < -0.39 is 11.5 Å². The number of benzene rings is 1. The molecular formula is C25H21N5O5. The average Bonchev–Trinajstić information content (AvgIpc) is 3.25. The number of hydrogen-bond donors (Lipinski definition) is 1. The van der Waals surface area contributed by atoms with E-state index in [2.05, 4.69) is 15.2 Å². The molecule has 0 radical (unpaired) electrons. The first-order valence-corrected chi connectivity index (χ1v) is 10.9. The number of pyridine rings is 3. The Labute approximate surface area is 198 Å². The molecule has 0 aliphatic heterocycles. The molecule has 0 saturated carbocycles. The van der Waals surface area contributed by atoms with Gasteiger partial charge in [0.15, 0.2) is 5.82 Å². The normalized spacial score (nSPS) is 11.2. The first-order chi connectivity index (χ1) is 16.9. The lowest BCUT2D eigenvalue weighted by atomic mass is 10.1. The average molecular weight is 471 g/mol. The number of nitrogens with zero attached hydrogens (tertiary/aromatic N) is 4. The zero-order chi connectivity index (χ0) is 24.7. The van der Waals surface area contributed by atoms with Gasteiger partial charge in [-0.25, -0.2) is 9.78 Å². The highest BCUT2D eigenvalue weighted by Crippen LogP contribution is 2.20. The summed E-state index contributed by atoms with van der Waals surface area (Å²) in [4.78, 5) is 43.7. The lowest BCUT2D eigenvalue weighted by molar-refractivity contribution is 0.0525. The molecule has 0 aliphatic rings. The van der Waals surface area contributed by atoms with Gasteiger partial charge in [-0.1, -0.05) is 0 Å². The van der Waals surface area contributed by atoms with Crippen LogP contribution < -0.4 is 15.9 Å². The number of H-pyrrole nitrogens is 1. The first kappa shape index (κ1) is 22.1. The summed E-state index contributed by atoms with van der Waals surface area (Å²) < 4.78 is 13.0. The fraction of sp³-hybridized carbons (Fsp3) is 0.160. The number of aryl methyl sites for hydroxylation is 1. The molecule has 176 valence electrons. The lowest BCUT2D eigenvalue weighted by Crippen LogP contribution is -2.22. The summed E-state index contributed by atoms with van der Waals surface area (Å²) in [6.45, 7) is 3.56. The summed E-state index contributed by atoms with van der Waals surface area (Å²) in [5.41, 5.74) is 1.40. The van der Waals surface area contributed by atoms with E-state index in [1.165, 1.54) is 21.4 Å². The SMILES string of the molecule is CCOC(=O)c1c(-n2ccc3nc4ccn(-c5ccc(OC)cc5)c(=O)c4cc3c2=O)n[nH]c1C. The standard InChI is InChI=1S/C25H21N5O5/c1-4-35-25(33)21-14(2)27-28-22(21)30-12-10-20-18(24(30)32)13-17-19(26-20)9-11-29(23(17)31)15-5-7-16(34-3)8-6-15/h5-13H,4H2,1-3H3,(H,27,28). The summed E-state index contributed by atoms with van der Waals surface area (Å²) in [6, 6.07) is 12.0. The molecule has 4 heterocycles. The van der Waals surface area contributed by atoms with Crippen LogP contribution in [0.1, 0.15) is 23.0 Å². The summed E-state index contributed by atoms with van der Waals surface area (Å²) in [7, 11) is 1.57. The molecule has 0 amide bonds. The molecule has 0 fully saturated rings. The maximum absolute atomic E-state index is 13.4. The minimum atomic E-state index is -0.584. The van der Waals surface area contributed by atoms with Gasteiger partial charge in [-0.2, -0.15) is 5.10 Å². The summed E-state index contributed by atoms with van der Waals surface area (Å²) in [5.74, 6) is 0.211. The van der Waals surface area contributed by atoms with E-state index in [9.17, 15) is 14.4 Å². The van der Waals surface area contributed by atoms with Crippen LogP contribution in [0.2, 0.25) is 0 Å². The number of hydrogen-bond acceptors (Lipinski definition) is 7. The molecule has 1 aromatic carbocycles. The molecule has 0 saturated heterocycles. The highest BCUT2D eigenvalue weighted by atomic mass is 16.5. The Bertz CT molecular complexity index is 1710. The van der Waals surface area contributed by atoms with Crippen molar-refractivity contribution in [1.82, 2.24) is 24.3 Å². The summed E-state index contributed by atoms with van der Waals surface area (Å²) in [5, 5.41) is 7.39. The Kier molecular flexibility index (Phi) is 5.40. The van der Waals surface area contributed by atoms with Gasteiger partial charge in [0.05, 0.1) is 35.5 Å². The second-order valence-electron chi connectivity index (χ2n) is 7.80. The van der Waals surface area contributed by atoms with Crippen LogP contribution in [-0.4, -0.2) is 44.0 Å². The Morgan fingerprint density at radius 2 is 1.60 bits per heavy atom. The Morgan fingerprint density at radius 3 is 2.23 bits per heavy atom. The van der Waals surface area contributed by atoms with Gasteiger partial charge in [-0.3, -0.25) is 23.8 Å². The van der Waals surface area contributed by atoms with Crippen molar-refractivity contribution >= 4 is 27.8 Å². The van der Waals surface area contributed by atoms with Gasteiger partial charge in [0.2, 0.25) is 0 Å². The molecule has 10 heteroatoms. The third-order valence-corrected chi connectivity index (χ3v) is 5.73. The van der Waals surface area contributed by atoms with Crippen LogP contribution in [0.3, 0.4) is 0 Å². The maximum Gasteiger partial charge on any atom is 0.343 e. The number of nitrogens with one attached hydrogen (secondary N) is 1. The van der Waals surface area contributed by atoms with Gasteiger partial charge in [-0.15, -0.1) is 0 Å². The lowest BCUT2D eigenvalue weighted by Gasteiger charge is -2.10. The molecule has 35 heavy (non-hydrogen) atoms. The third kappa shape index (κ3) is 3.65. The molecule has 4 aromatic heterocycles. The molecule has 0 atom stereocenters. The monoisotopic (exact) mass is 471 g/mol. The number of rotatable bonds is 5. The van der Waals surface area contributed by atoms with Crippen LogP contribution in [0, 0.1) is 6.92 Å². The minimum absolute atomic E-state index is 0.122. The maximum atomic E-state index is 13.4. The molecule has 0 aliphatic carbocycles. The van der Waals surface area contributed by atoms with Gasteiger partial charge >= 0.3 is 5.97 Å². The van der Waals surface area contributed by atoms with E-state index in [0.717, 1.165) is 0 Å². The minimum Gasteiger partial charge on any atom is -0.497 e. The van der Waals surface area contributed by atoms with Gasteiger partial charge < -0.3 is 9.47 Å². The second kappa shape index (κ2) is 8.56. The molecule has 0 bridgehead atoms. The summed E-state index contributed by atoms with van der Waals surface area (Å²) in [6.07, 6.45) is 3.14. The Hall–Kier alpha value is -4.73. The number of aromatic amines is 1. The second-order valence-corrected chi connectivity index (χ2v) is 7.80. The van der Waals surface area contributed by atoms with Gasteiger partial charge in [0.1, 0.15) is 11.3 Å². The molecule has 1 N–H and O–H groups in total. The van der Waals surface area contributed by atoms with E-state index in [1.807, 2.05) is 0 Å². The highest BCUT2D eigenvalue weighted by Gasteiger charge is 2.22. The third-order valence-electron chi connectivity index (χ3n) is 5.73. The number of esters is 1. The van der Waals surface area contributed by atoms with Crippen molar-refractivity contribution in [2.75, 3.05) is 13.7 Å². The van der Waals surface area contributed by atoms with Crippen molar-refractivity contribution in [2.24, 2.45) is 0 Å². The molecule has 5 rings (SSSR count). The number of aromatic nitrogens is 5. The van der Waals surface area contributed by atoms with Crippen molar-refractivity contribution < 1.29 is 14.3 Å². The zero-order valence-corrected chi connectivity index (χ0v) is 19.2. The van der Waals surface area contributed by atoms with Crippen LogP contribution in [-0.2, 0) is 4.74 Å². The van der Waals surface area contributed by atoms with Crippen molar-refractivity contribution in [3.63, 3.8) is 0 Å². The van der Waals surface area contributed by atoms with Gasteiger partial charge in [-0.05, 0) is 56.3 Å². The van der Waals surface area contributed by atoms with E-state index in [0.29, 0.717) is 28.2 Å². The van der Waals surface area contributed by atoms with Crippen LogP contribution >= 0.6 is 0 Å². The quantitative estimate of drug-likeness (QED) is 0.309. The molecular weight excluding hydrogens is 450 g/mol. The number of carbonyl (C=O) groups is 1. The van der Waals surface area contributed by atoms with Crippen LogP contribution in [0.5, 0.6) is 5.75 Å². The number of ether oxygens (including phenoxy) is 2. The summed E-state index contributed by atoms with van der Waals surface area (Å²) >= 11 is 0. The fourth-order valence-electron chi connectivity index (χ4n) is 3.98. The topological polar surface area (TPSA) is 121 Å². The molecule has 0 spiro atoms. The van der Waals surface area contributed by atoms with Crippen molar-refractivity contribution in [2.45, 2.75) is 13.8 Å². The molecule has 10 nitrogen and oxygen atoms in total. The van der Waals surface area contributed by atoms with E-state index >= 15 is 0 Å². The van der Waals surface area contributed by atoms with E-state index in [-0.39, 0.29) is 34.3 Å². The molecule has 5 aromatic rings. The Balaban J connectivity index is 1.70. The van der Waals surface area contributed by atoms with Crippen molar-refractivity contribution in [3.05, 3.63) is 86.8 Å². The van der Waals surface area contributed by atoms with Crippen LogP contribution in [0.15, 0.2) is 64.4 Å². The number of carbonyl (C=O) groups excluding carboxylic acids is 1. The highest BCUT2D eigenvalue weighted by molar-refractivity contribution is 5.95. The molecule has 0 unspecified atom stereocenters. The fourth-order valence-corrected chi connectivity index (χ4v) is 3.98. The largest absolute Gasteiger partial charge is 0.497 e. The van der Waals surface area contributed by atoms with Gasteiger partial charge in [0, 0.05) is 23.8 Å². The number of fused-ring (bicyclic) bond motifs is 2.